The number of hydrogen-bond donors (Lipinski definition) is 1. The van der Waals surface area contributed by atoms with Crippen molar-refractivity contribution in [3.63, 3.8) is 0 Å². The Balaban J connectivity index is 2.31. The van der Waals surface area contributed by atoms with Crippen molar-refractivity contribution >= 4 is 17.6 Å². The molecule has 0 saturated heterocycles. The van der Waals surface area contributed by atoms with Crippen LogP contribution < -0.4 is 4.90 Å². The van der Waals surface area contributed by atoms with Crippen molar-refractivity contribution in [2.45, 2.75) is 0 Å². The highest BCUT2D eigenvalue weighted by atomic mass is 16.4. The molecule has 92 valence electrons. The molecule has 0 saturated carbocycles. The average molecular weight is 245 g/mol. The summed E-state index contributed by atoms with van der Waals surface area (Å²) in [6, 6.07) is 11.7. The predicted octanol–water partition coefficient (Wildman–Crippen LogP) is 2.01. The van der Waals surface area contributed by atoms with Crippen LogP contribution in [0, 0.1) is 0 Å². The lowest BCUT2D eigenvalue weighted by molar-refractivity contribution is -0.135. The van der Waals surface area contributed by atoms with E-state index in [1.807, 2.05) is 0 Å². The molecule has 0 spiro atoms. The molecule has 5 nitrogen and oxygen atoms in total. The van der Waals surface area contributed by atoms with Crippen molar-refractivity contribution in [3.8, 4) is 0 Å². The maximum atomic E-state index is 12.1. The van der Waals surface area contributed by atoms with Crippen LogP contribution in [0.4, 0.5) is 5.69 Å². The van der Waals surface area contributed by atoms with Crippen LogP contribution in [0.15, 0.2) is 53.1 Å². The van der Waals surface area contributed by atoms with E-state index in [-0.39, 0.29) is 5.76 Å². The number of anilines is 1. The molecular weight excluding hydrogens is 234 g/mol. The van der Waals surface area contributed by atoms with Gasteiger partial charge in [0.15, 0.2) is 5.76 Å². The lowest BCUT2D eigenvalue weighted by atomic mass is 10.2. The lowest BCUT2D eigenvalue weighted by Gasteiger charge is -2.19. The molecule has 2 aromatic rings. The number of benzene rings is 1. The second-order valence-electron chi connectivity index (χ2n) is 3.60. The minimum absolute atomic E-state index is 0.111. The van der Waals surface area contributed by atoms with E-state index in [9.17, 15) is 9.59 Å². The summed E-state index contributed by atoms with van der Waals surface area (Å²) in [6.45, 7) is -0.413. The molecule has 0 bridgehead atoms. The molecule has 1 amide bonds. The molecule has 1 heterocycles. The van der Waals surface area contributed by atoms with E-state index in [0.717, 1.165) is 4.90 Å². The number of hydrogen-bond acceptors (Lipinski definition) is 3. The molecular formula is C13H11NO4. The Labute approximate surface area is 103 Å². The van der Waals surface area contributed by atoms with Crippen LogP contribution in [0.2, 0.25) is 0 Å². The minimum atomic E-state index is -1.08. The quantitative estimate of drug-likeness (QED) is 0.894. The van der Waals surface area contributed by atoms with Gasteiger partial charge in [-0.25, -0.2) is 0 Å². The zero-order valence-corrected chi connectivity index (χ0v) is 9.45. The van der Waals surface area contributed by atoms with Crippen molar-refractivity contribution in [1.29, 1.82) is 0 Å². The number of rotatable bonds is 4. The molecule has 0 unspecified atom stereocenters. The predicted molar refractivity (Wildman–Crippen MR) is 64.5 cm³/mol. The van der Waals surface area contributed by atoms with Crippen molar-refractivity contribution in [2.75, 3.05) is 11.4 Å². The molecule has 5 heteroatoms. The highest BCUT2D eigenvalue weighted by Gasteiger charge is 2.22. The normalized spacial score (nSPS) is 10.0. The molecule has 1 aromatic heterocycles. The number of aliphatic carboxylic acids is 1. The first kappa shape index (κ1) is 11.9. The van der Waals surface area contributed by atoms with Gasteiger partial charge in [0.25, 0.3) is 5.91 Å². The molecule has 2 rings (SSSR count). The third kappa shape index (κ3) is 2.57. The van der Waals surface area contributed by atoms with Gasteiger partial charge in [-0.1, -0.05) is 18.2 Å². The highest BCUT2D eigenvalue weighted by molar-refractivity contribution is 6.06. The first-order valence-electron chi connectivity index (χ1n) is 5.30. The standard InChI is InChI=1S/C13H11NO4/c15-12(16)9-14(10-5-2-1-3-6-10)13(17)11-7-4-8-18-11/h1-8H,9H2,(H,15,16). The van der Waals surface area contributed by atoms with Gasteiger partial charge in [0, 0.05) is 5.69 Å². The van der Waals surface area contributed by atoms with E-state index in [0.29, 0.717) is 5.69 Å². The molecule has 1 N–H and O–H groups in total. The number of nitrogens with zero attached hydrogens (tertiary/aromatic N) is 1. The fourth-order valence-corrected chi connectivity index (χ4v) is 1.56. The van der Waals surface area contributed by atoms with Gasteiger partial charge in [-0.05, 0) is 24.3 Å². The first-order chi connectivity index (χ1) is 8.68. The monoisotopic (exact) mass is 245 g/mol. The average Bonchev–Trinajstić information content (AvgIpc) is 2.90. The third-order valence-corrected chi connectivity index (χ3v) is 2.34. The summed E-state index contributed by atoms with van der Waals surface area (Å²) >= 11 is 0. The Morgan fingerprint density at radius 3 is 2.39 bits per heavy atom. The number of carboxylic acid groups (broad SMARTS) is 1. The van der Waals surface area contributed by atoms with E-state index in [2.05, 4.69) is 0 Å². The Bertz CT molecular complexity index is 533. The minimum Gasteiger partial charge on any atom is -0.480 e. The maximum Gasteiger partial charge on any atom is 0.323 e. The van der Waals surface area contributed by atoms with Crippen molar-refractivity contribution < 1.29 is 19.1 Å². The Morgan fingerprint density at radius 2 is 1.83 bits per heavy atom. The van der Waals surface area contributed by atoms with Gasteiger partial charge < -0.3 is 9.52 Å². The van der Waals surface area contributed by atoms with Crippen LogP contribution in [0.3, 0.4) is 0 Å². The van der Waals surface area contributed by atoms with Crippen LogP contribution >= 0.6 is 0 Å². The first-order valence-corrected chi connectivity index (χ1v) is 5.30. The molecule has 18 heavy (non-hydrogen) atoms. The molecule has 0 aliphatic rings. The molecule has 0 radical (unpaired) electrons. The van der Waals surface area contributed by atoms with Gasteiger partial charge in [0.05, 0.1) is 6.26 Å². The van der Waals surface area contributed by atoms with Crippen molar-refractivity contribution in [3.05, 3.63) is 54.5 Å². The highest BCUT2D eigenvalue weighted by Crippen LogP contribution is 2.16. The number of carbonyl (C=O) groups is 2. The van der Waals surface area contributed by atoms with Gasteiger partial charge in [-0.2, -0.15) is 0 Å². The van der Waals surface area contributed by atoms with Gasteiger partial charge >= 0.3 is 5.97 Å². The summed E-state index contributed by atoms with van der Waals surface area (Å²) in [5.41, 5.74) is 0.515. The summed E-state index contributed by atoms with van der Waals surface area (Å²) < 4.78 is 5.00. The lowest BCUT2D eigenvalue weighted by Crippen LogP contribution is -2.35. The SMILES string of the molecule is O=C(O)CN(C(=O)c1ccco1)c1ccccc1. The van der Waals surface area contributed by atoms with Crippen LogP contribution in [0.5, 0.6) is 0 Å². The largest absolute Gasteiger partial charge is 0.480 e. The van der Waals surface area contributed by atoms with Gasteiger partial charge in [-0.3, -0.25) is 14.5 Å². The number of carbonyl (C=O) groups excluding carboxylic acids is 1. The second kappa shape index (κ2) is 5.18. The summed E-state index contributed by atoms with van der Waals surface area (Å²) in [5, 5.41) is 8.87. The maximum absolute atomic E-state index is 12.1. The van der Waals surface area contributed by atoms with E-state index in [4.69, 9.17) is 9.52 Å². The van der Waals surface area contributed by atoms with Crippen LogP contribution in [0.1, 0.15) is 10.6 Å². The van der Waals surface area contributed by atoms with Crippen LogP contribution in [0.25, 0.3) is 0 Å². The number of carboxylic acids is 1. The Kier molecular flexibility index (Phi) is 3.43. The third-order valence-electron chi connectivity index (χ3n) is 2.34. The fraction of sp³-hybridized carbons (Fsp3) is 0.0769. The van der Waals surface area contributed by atoms with Crippen LogP contribution in [-0.2, 0) is 4.79 Å². The summed E-state index contributed by atoms with van der Waals surface area (Å²) in [6.07, 6.45) is 1.37. The zero-order chi connectivity index (χ0) is 13.0. The Morgan fingerprint density at radius 1 is 1.11 bits per heavy atom. The molecule has 0 aliphatic heterocycles. The summed E-state index contributed by atoms with van der Waals surface area (Å²) in [5.74, 6) is -1.45. The van der Waals surface area contributed by atoms with E-state index < -0.39 is 18.4 Å². The van der Waals surface area contributed by atoms with Crippen molar-refractivity contribution in [2.24, 2.45) is 0 Å². The van der Waals surface area contributed by atoms with Gasteiger partial charge in [0.1, 0.15) is 6.54 Å². The number of furan rings is 1. The molecule has 0 fully saturated rings. The molecule has 0 aliphatic carbocycles. The fourth-order valence-electron chi connectivity index (χ4n) is 1.56. The van der Waals surface area contributed by atoms with E-state index in [1.165, 1.54) is 12.3 Å². The van der Waals surface area contributed by atoms with Crippen molar-refractivity contribution in [1.82, 2.24) is 0 Å². The smallest absolute Gasteiger partial charge is 0.323 e. The van der Waals surface area contributed by atoms with Crippen LogP contribution in [-0.4, -0.2) is 23.5 Å². The second-order valence-corrected chi connectivity index (χ2v) is 3.60. The topological polar surface area (TPSA) is 70.8 Å². The van der Waals surface area contributed by atoms with Gasteiger partial charge in [0.2, 0.25) is 0 Å². The van der Waals surface area contributed by atoms with Gasteiger partial charge in [-0.15, -0.1) is 0 Å². The molecule has 0 atom stereocenters. The summed E-state index contributed by atoms with van der Waals surface area (Å²) in [7, 11) is 0. The summed E-state index contributed by atoms with van der Waals surface area (Å²) in [4.78, 5) is 24.1. The van der Waals surface area contributed by atoms with E-state index >= 15 is 0 Å². The zero-order valence-electron chi connectivity index (χ0n) is 9.45. The number of para-hydroxylation sites is 1. The Hall–Kier alpha value is -2.56. The van der Waals surface area contributed by atoms with E-state index in [1.54, 1.807) is 36.4 Å². The molecule has 1 aromatic carbocycles. The number of amides is 1.